The first-order chi connectivity index (χ1) is 9.54. The predicted molar refractivity (Wildman–Crippen MR) is 79.6 cm³/mol. The maximum absolute atomic E-state index is 6.23. The number of aromatic nitrogens is 4. The minimum atomic E-state index is 0.496. The first-order valence-electron chi connectivity index (χ1n) is 7.12. The van der Waals surface area contributed by atoms with E-state index in [2.05, 4.69) is 33.8 Å². The van der Waals surface area contributed by atoms with Crippen molar-refractivity contribution in [3.05, 3.63) is 17.2 Å². The van der Waals surface area contributed by atoms with Crippen molar-refractivity contribution in [2.75, 3.05) is 6.54 Å². The third kappa shape index (κ3) is 2.52. The molecule has 2 aromatic rings. The number of aryl methyl sites for hydroxylation is 1. The van der Waals surface area contributed by atoms with Crippen LogP contribution >= 0.6 is 11.6 Å². The molecule has 3 rings (SSSR count). The molecule has 0 aromatic carbocycles. The van der Waals surface area contributed by atoms with Crippen LogP contribution < -0.4 is 0 Å². The van der Waals surface area contributed by atoms with E-state index >= 15 is 0 Å². The van der Waals surface area contributed by atoms with Gasteiger partial charge in [-0.3, -0.25) is 9.58 Å². The van der Waals surface area contributed by atoms with E-state index in [0.29, 0.717) is 11.2 Å². The Morgan fingerprint density at radius 2 is 2.15 bits per heavy atom. The van der Waals surface area contributed by atoms with Gasteiger partial charge in [0.1, 0.15) is 11.0 Å². The summed E-state index contributed by atoms with van der Waals surface area (Å²) >= 11 is 6.23. The quantitative estimate of drug-likeness (QED) is 0.799. The summed E-state index contributed by atoms with van der Waals surface area (Å²) in [6.07, 6.45) is 4.19. The first kappa shape index (κ1) is 13.8. The Bertz CT molecular complexity index is 623. The number of piperidine rings is 1. The van der Waals surface area contributed by atoms with E-state index in [1.807, 2.05) is 7.05 Å². The second-order valence-corrected chi connectivity index (χ2v) is 6.24. The maximum atomic E-state index is 6.23. The normalized spacial score (nSPS) is 24.4. The highest BCUT2D eigenvalue weighted by Gasteiger charge is 2.24. The average molecular weight is 294 g/mol. The van der Waals surface area contributed by atoms with Gasteiger partial charge in [-0.05, 0) is 32.2 Å². The van der Waals surface area contributed by atoms with E-state index in [1.165, 1.54) is 12.8 Å². The van der Waals surface area contributed by atoms with Gasteiger partial charge < -0.3 is 0 Å². The van der Waals surface area contributed by atoms with Gasteiger partial charge in [-0.1, -0.05) is 18.5 Å². The number of hydrogen-bond acceptors (Lipinski definition) is 4. The highest BCUT2D eigenvalue weighted by Crippen LogP contribution is 2.24. The van der Waals surface area contributed by atoms with Crippen molar-refractivity contribution in [2.24, 2.45) is 13.0 Å². The summed E-state index contributed by atoms with van der Waals surface area (Å²) < 4.78 is 1.74. The van der Waals surface area contributed by atoms with E-state index < -0.39 is 0 Å². The molecule has 3 heterocycles. The summed E-state index contributed by atoms with van der Waals surface area (Å²) in [6, 6.07) is 0.573. The van der Waals surface area contributed by atoms with Crippen LogP contribution in [0.4, 0.5) is 0 Å². The Labute approximate surface area is 124 Å². The Morgan fingerprint density at radius 3 is 2.90 bits per heavy atom. The molecule has 0 bridgehead atoms. The van der Waals surface area contributed by atoms with Gasteiger partial charge in [0.15, 0.2) is 5.65 Å². The van der Waals surface area contributed by atoms with Gasteiger partial charge in [0.25, 0.3) is 0 Å². The zero-order valence-electron chi connectivity index (χ0n) is 12.2. The van der Waals surface area contributed by atoms with E-state index in [1.54, 1.807) is 10.9 Å². The van der Waals surface area contributed by atoms with Crippen LogP contribution in [0.25, 0.3) is 11.0 Å². The van der Waals surface area contributed by atoms with E-state index in [0.717, 1.165) is 35.9 Å². The van der Waals surface area contributed by atoms with Crippen molar-refractivity contribution in [3.8, 4) is 0 Å². The van der Waals surface area contributed by atoms with Gasteiger partial charge in [0.05, 0.1) is 18.1 Å². The average Bonchev–Trinajstić information content (AvgIpc) is 2.76. The van der Waals surface area contributed by atoms with Crippen LogP contribution in [0.1, 0.15) is 32.5 Å². The minimum Gasteiger partial charge on any atom is -0.293 e. The zero-order valence-corrected chi connectivity index (χ0v) is 12.9. The fraction of sp³-hybridized carbons (Fsp3) is 0.643. The SMILES string of the molecule is CC1CCN(Cc2nc(Cl)c3cnn(C)c3n2)C(C)C1. The molecule has 20 heavy (non-hydrogen) atoms. The lowest BCUT2D eigenvalue weighted by atomic mass is 9.93. The van der Waals surface area contributed by atoms with Gasteiger partial charge in [-0.25, -0.2) is 9.97 Å². The van der Waals surface area contributed by atoms with E-state index in [9.17, 15) is 0 Å². The maximum Gasteiger partial charge on any atom is 0.162 e. The van der Waals surface area contributed by atoms with Gasteiger partial charge in [0.2, 0.25) is 0 Å². The standard InChI is InChI=1S/C14H20ClN5/c1-9-4-5-20(10(2)6-9)8-12-17-13(15)11-7-16-19(3)14(11)18-12/h7,9-10H,4-6,8H2,1-3H3. The molecule has 1 aliphatic rings. The molecule has 2 aromatic heterocycles. The lowest BCUT2D eigenvalue weighted by Crippen LogP contribution is -2.39. The summed E-state index contributed by atoms with van der Waals surface area (Å²) in [4.78, 5) is 11.5. The monoisotopic (exact) mass is 293 g/mol. The number of likely N-dealkylation sites (tertiary alicyclic amines) is 1. The first-order valence-corrected chi connectivity index (χ1v) is 7.50. The molecule has 0 aliphatic carbocycles. The molecule has 0 N–H and O–H groups in total. The molecule has 108 valence electrons. The fourth-order valence-corrected chi connectivity index (χ4v) is 3.20. The van der Waals surface area contributed by atoms with E-state index in [4.69, 9.17) is 11.6 Å². The minimum absolute atomic E-state index is 0.496. The molecule has 2 unspecified atom stereocenters. The Balaban J connectivity index is 1.85. The molecule has 1 aliphatic heterocycles. The molecule has 0 amide bonds. The summed E-state index contributed by atoms with van der Waals surface area (Å²) in [6.45, 7) is 6.46. The lowest BCUT2D eigenvalue weighted by molar-refractivity contribution is 0.119. The van der Waals surface area contributed by atoms with Crippen LogP contribution in [-0.2, 0) is 13.6 Å². The summed E-state index contributed by atoms with van der Waals surface area (Å²) in [7, 11) is 1.88. The molecule has 2 atom stereocenters. The largest absolute Gasteiger partial charge is 0.293 e. The molecule has 0 spiro atoms. The molecule has 5 nitrogen and oxygen atoms in total. The number of fused-ring (bicyclic) bond motifs is 1. The van der Waals surface area contributed by atoms with Crippen molar-refractivity contribution in [3.63, 3.8) is 0 Å². The Morgan fingerprint density at radius 1 is 1.35 bits per heavy atom. The second kappa shape index (κ2) is 5.30. The van der Waals surface area contributed by atoms with Crippen molar-refractivity contribution >= 4 is 22.6 Å². The van der Waals surface area contributed by atoms with Crippen LogP contribution in [0.5, 0.6) is 0 Å². The number of halogens is 1. The van der Waals surface area contributed by atoms with Gasteiger partial charge in [0, 0.05) is 13.1 Å². The van der Waals surface area contributed by atoms with Crippen LogP contribution in [0.15, 0.2) is 6.20 Å². The topological polar surface area (TPSA) is 46.8 Å². The van der Waals surface area contributed by atoms with Crippen molar-refractivity contribution in [1.29, 1.82) is 0 Å². The summed E-state index contributed by atoms with van der Waals surface area (Å²) in [5.74, 6) is 1.60. The summed E-state index contributed by atoms with van der Waals surface area (Å²) in [5, 5.41) is 5.50. The van der Waals surface area contributed by atoms with Gasteiger partial charge in [-0.15, -0.1) is 0 Å². The predicted octanol–water partition coefficient (Wildman–Crippen LogP) is 2.64. The Hall–Kier alpha value is -1.20. The molecule has 6 heteroatoms. The van der Waals surface area contributed by atoms with Crippen molar-refractivity contribution < 1.29 is 0 Å². The zero-order chi connectivity index (χ0) is 14.3. The van der Waals surface area contributed by atoms with Crippen molar-refractivity contribution in [1.82, 2.24) is 24.6 Å². The fourth-order valence-electron chi connectivity index (χ4n) is 2.97. The summed E-state index contributed by atoms with van der Waals surface area (Å²) in [5.41, 5.74) is 0.804. The van der Waals surface area contributed by atoms with E-state index in [-0.39, 0.29) is 0 Å². The van der Waals surface area contributed by atoms with Crippen LogP contribution in [0, 0.1) is 5.92 Å². The molecule has 1 saturated heterocycles. The van der Waals surface area contributed by atoms with Crippen LogP contribution in [0.2, 0.25) is 5.15 Å². The number of hydrogen-bond donors (Lipinski definition) is 0. The number of rotatable bonds is 2. The molecule has 0 radical (unpaired) electrons. The molecular weight excluding hydrogens is 274 g/mol. The second-order valence-electron chi connectivity index (χ2n) is 5.89. The van der Waals surface area contributed by atoms with Crippen molar-refractivity contribution in [2.45, 2.75) is 39.3 Å². The third-order valence-electron chi connectivity index (χ3n) is 4.21. The lowest BCUT2D eigenvalue weighted by Gasteiger charge is -2.35. The van der Waals surface area contributed by atoms with Gasteiger partial charge in [-0.2, -0.15) is 5.10 Å². The van der Waals surface area contributed by atoms with Crippen LogP contribution in [-0.4, -0.2) is 37.2 Å². The van der Waals surface area contributed by atoms with Crippen LogP contribution in [0.3, 0.4) is 0 Å². The molecule has 1 fully saturated rings. The molecular formula is C14H20ClN5. The molecule has 0 saturated carbocycles. The third-order valence-corrected chi connectivity index (χ3v) is 4.50. The number of nitrogens with zero attached hydrogens (tertiary/aromatic N) is 5. The highest BCUT2D eigenvalue weighted by atomic mass is 35.5. The van der Waals surface area contributed by atoms with Gasteiger partial charge >= 0.3 is 0 Å². The Kier molecular flexibility index (Phi) is 3.65. The highest BCUT2D eigenvalue weighted by molar-refractivity contribution is 6.33. The smallest absolute Gasteiger partial charge is 0.162 e.